The summed E-state index contributed by atoms with van der Waals surface area (Å²) in [6.45, 7) is 1.62. The minimum Gasteiger partial charge on any atom is -0.493 e. The van der Waals surface area contributed by atoms with E-state index in [4.69, 9.17) is 9.47 Å². The molecule has 0 bridgehead atoms. The molecule has 6 heteroatoms. The van der Waals surface area contributed by atoms with Crippen LogP contribution in [0.1, 0.15) is 30.0 Å². The van der Waals surface area contributed by atoms with Crippen molar-refractivity contribution in [3.8, 4) is 22.1 Å². The maximum atomic E-state index is 12.8. The number of thiazole rings is 1. The number of carbonyl (C=O) groups is 1. The molecular formula is C24H26N2O3S. The Morgan fingerprint density at radius 2 is 1.80 bits per heavy atom. The number of piperidine rings is 1. The SMILES string of the molecule is COc1ccc(-c2nc(CC(=O)N3CCC(c4ccccc4)CC3)cs2)cc1OC. The predicted octanol–water partition coefficient (Wildman–Crippen LogP) is 4.78. The number of methoxy groups -OCH3 is 2. The zero-order chi connectivity index (χ0) is 20.9. The van der Waals surface area contributed by atoms with Crippen molar-refractivity contribution in [1.82, 2.24) is 9.88 Å². The van der Waals surface area contributed by atoms with Crippen LogP contribution in [-0.4, -0.2) is 43.1 Å². The van der Waals surface area contributed by atoms with Crippen LogP contribution >= 0.6 is 11.3 Å². The van der Waals surface area contributed by atoms with Crippen LogP contribution in [0.4, 0.5) is 0 Å². The second kappa shape index (κ2) is 9.30. The Labute approximate surface area is 181 Å². The summed E-state index contributed by atoms with van der Waals surface area (Å²) in [6, 6.07) is 16.3. The van der Waals surface area contributed by atoms with E-state index >= 15 is 0 Å². The summed E-state index contributed by atoms with van der Waals surface area (Å²) >= 11 is 1.54. The topological polar surface area (TPSA) is 51.7 Å². The molecule has 1 saturated heterocycles. The first-order chi connectivity index (χ1) is 14.7. The summed E-state index contributed by atoms with van der Waals surface area (Å²) in [5, 5.41) is 2.85. The van der Waals surface area contributed by atoms with Crippen LogP contribution in [0, 0.1) is 0 Å². The van der Waals surface area contributed by atoms with Crippen molar-refractivity contribution < 1.29 is 14.3 Å². The van der Waals surface area contributed by atoms with Gasteiger partial charge in [0.25, 0.3) is 0 Å². The largest absolute Gasteiger partial charge is 0.493 e. The lowest BCUT2D eigenvalue weighted by molar-refractivity contribution is -0.131. The van der Waals surface area contributed by atoms with Crippen LogP contribution in [0.5, 0.6) is 11.5 Å². The minimum absolute atomic E-state index is 0.158. The van der Waals surface area contributed by atoms with Gasteiger partial charge in [0.05, 0.1) is 26.3 Å². The van der Waals surface area contributed by atoms with Gasteiger partial charge in [0.2, 0.25) is 5.91 Å². The molecule has 1 aromatic heterocycles. The van der Waals surface area contributed by atoms with Gasteiger partial charge in [0.1, 0.15) is 5.01 Å². The third kappa shape index (κ3) is 4.49. The molecule has 1 aliphatic heterocycles. The van der Waals surface area contributed by atoms with E-state index in [-0.39, 0.29) is 5.91 Å². The van der Waals surface area contributed by atoms with Crippen LogP contribution in [0.25, 0.3) is 10.6 Å². The van der Waals surface area contributed by atoms with Crippen LogP contribution in [0.3, 0.4) is 0 Å². The lowest BCUT2D eigenvalue weighted by atomic mass is 9.89. The molecule has 3 aromatic rings. The number of amides is 1. The molecule has 2 aromatic carbocycles. The van der Waals surface area contributed by atoms with Gasteiger partial charge in [-0.3, -0.25) is 4.79 Å². The Morgan fingerprint density at radius 3 is 2.50 bits per heavy atom. The standard InChI is InChI=1S/C24H26N2O3S/c1-28-21-9-8-19(14-22(21)29-2)24-25-20(16-30-24)15-23(27)26-12-10-18(11-13-26)17-6-4-3-5-7-17/h3-9,14,16,18H,10-13,15H2,1-2H3. The number of ether oxygens (including phenoxy) is 2. The zero-order valence-electron chi connectivity index (χ0n) is 17.3. The zero-order valence-corrected chi connectivity index (χ0v) is 18.2. The average Bonchev–Trinajstić information content (AvgIpc) is 3.27. The van der Waals surface area contributed by atoms with E-state index in [1.807, 2.05) is 34.5 Å². The van der Waals surface area contributed by atoms with E-state index in [1.54, 1.807) is 25.6 Å². The molecule has 0 N–H and O–H groups in total. The predicted molar refractivity (Wildman–Crippen MR) is 119 cm³/mol. The molecule has 0 spiro atoms. The van der Waals surface area contributed by atoms with Gasteiger partial charge in [0.15, 0.2) is 11.5 Å². The summed E-state index contributed by atoms with van der Waals surface area (Å²) in [5.74, 6) is 2.06. The van der Waals surface area contributed by atoms with Gasteiger partial charge in [-0.15, -0.1) is 11.3 Å². The highest BCUT2D eigenvalue weighted by Crippen LogP contribution is 2.34. The van der Waals surface area contributed by atoms with E-state index < -0.39 is 0 Å². The van der Waals surface area contributed by atoms with Crippen molar-refractivity contribution in [2.75, 3.05) is 27.3 Å². The molecule has 0 atom stereocenters. The van der Waals surface area contributed by atoms with Crippen molar-refractivity contribution >= 4 is 17.2 Å². The van der Waals surface area contributed by atoms with E-state index in [9.17, 15) is 4.79 Å². The molecule has 0 unspecified atom stereocenters. The van der Waals surface area contributed by atoms with E-state index in [0.29, 0.717) is 23.8 Å². The van der Waals surface area contributed by atoms with Crippen molar-refractivity contribution in [2.45, 2.75) is 25.2 Å². The molecule has 0 aliphatic carbocycles. The Kier molecular flexibility index (Phi) is 6.33. The Morgan fingerprint density at radius 1 is 1.07 bits per heavy atom. The quantitative estimate of drug-likeness (QED) is 0.574. The van der Waals surface area contributed by atoms with Gasteiger partial charge in [-0.1, -0.05) is 30.3 Å². The van der Waals surface area contributed by atoms with Gasteiger partial charge in [0, 0.05) is 24.0 Å². The van der Waals surface area contributed by atoms with Crippen molar-refractivity contribution in [3.63, 3.8) is 0 Å². The fourth-order valence-corrected chi connectivity index (χ4v) is 4.76. The Balaban J connectivity index is 1.37. The van der Waals surface area contributed by atoms with Crippen molar-refractivity contribution in [2.24, 2.45) is 0 Å². The summed E-state index contributed by atoms with van der Waals surface area (Å²) in [6.07, 6.45) is 2.38. The third-order valence-corrected chi connectivity index (χ3v) is 6.57. The van der Waals surface area contributed by atoms with Crippen molar-refractivity contribution in [1.29, 1.82) is 0 Å². The van der Waals surface area contributed by atoms with E-state index in [1.165, 1.54) is 5.56 Å². The van der Waals surface area contributed by atoms with Gasteiger partial charge in [-0.05, 0) is 42.5 Å². The van der Waals surface area contributed by atoms with Gasteiger partial charge in [-0.25, -0.2) is 4.98 Å². The smallest absolute Gasteiger partial charge is 0.228 e. The van der Waals surface area contributed by atoms with E-state index in [0.717, 1.165) is 42.2 Å². The fourth-order valence-electron chi connectivity index (χ4n) is 3.94. The van der Waals surface area contributed by atoms with Crippen LogP contribution in [0.15, 0.2) is 53.9 Å². The minimum atomic E-state index is 0.158. The monoisotopic (exact) mass is 422 g/mol. The first-order valence-electron chi connectivity index (χ1n) is 10.2. The molecule has 4 rings (SSSR count). The third-order valence-electron chi connectivity index (χ3n) is 5.63. The first-order valence-corrected chi connectivity index (χ1v) is 11.1. The van der Waals surface area contributed by atoms with Gasteiger partial charge >= 0.3 is 0 Å². The average molecular weight is 423 g/mol. The highest BCUT2D eigenvalue weighted by molar-refractivity contribution is 7.13. The fraction of sp³-hybridized carbons (Fsp3) is 0.333. The summed E-state index contributed by atoms with van der Waals surface area (Å²) in [7, 11) is 3.24. The number of hydrogen-bond acceptors (Lipinski definition) is 5. The molecular weight excluding hydrogens is 396 g/mol. The van der Waals surface area contributed by atoms with Crippen LogP contribution in [0.2, 0.25) is 0 Å². The molecule has 1 aliphatic rings. The maximum Gasteiger partial charge on any atom is 0.228 e. The molecule has 0 radical (unpaired) electrons. The number of hydrogen-bond donors (Lipinski definition) is 0. The summed E-state index contributed by atoms with van der Waals surface area (Å²) < 4.78 is 10.7. The van der Waals surface area contributed by atoms with Crippen LogP contribution in [-0.2, 0) is 11.2 Å². The molecule has 1 fully saturated rings. The Bertz CT molecular complexity index is 995. The Hall–Kier alpha value is -2.86. The van der Waals surface area contributed by atoms with Crippen LogP contribution < -0.4 is 9.47 Å². The molecule has 0 saturated carbocycles. The lowest BCUT2D eigenvalue weighted by Crippen LogP contribution is -2.38. The maximum absolute atomic E-state index is 12.8. The summed E-state index contributed by atoms with van der Waals surface area (Å²) in [4.78, 5) is 19.5. The second-order valence-corrected chi connectivity index (χ2v) is 8.31. The number of benzene rings is 2. The first kappa shape index (κ1) is 20.4. The van der Waals surface area contributed by atoms with Gasteiger partial charge in [-0.2, -0.15) is 0 Å². The molecule has 156 valence electrons. The molecule has 5 nitrogen and oxygen atoms in total. The summed E-state index contributed by atoms with van der Waals surface area (Å²) in [5.41, 5.74) is 3.16. The highest BCUT2D eigenvalue weighted by Gasteiger charge is 2.24. The van der Waals surface area contributed by atoms with E-state index in [2.05, 4.69) is 29.2 Å². The normalized spacial score (nSPS) is 14.5. The number of rotatable bonds is 6. The number of nitrogens with zero attached hydrogens (tertiary/aromatic N) is 2. The number of aromatic nitrogens is 1. The second-order valence-electron chi connectivity index (χ2n) is 7.46. The molecule has 30 heavy (non-hydrogen) atoms. The van der Waals surface area contributed by atoms with Gasteiger partial charge < -0.3 is 14.4 Å². The van der Waals surface area contributed by atoms with Crippen molar-refractivity contribution in [3.05, 3.63) is 65.2 Å². The number of likely N-dealkylation sites (tertiary alicyclic amines) is 1. The molecule has 1 amide bonds. The molecule has 2 heterocycles. The lowest BCUT2D eigenvalue weighted by Gasteiger charge is -2.32. The number of carbonyl (C=O) groups excluding carboxylic acids is 1. The highest BCUT2D eigenvalue weighted by atomic mass is 32.1.